The van der Waals surface area contributed by atoms with Crippen LogP contribution in [0.1, 0.15) is 49.7 Å². The van der Waals surface area contributed by atoms with Crippen LogP contribution < -0.4 is 10.5 Å². The summed E-state index contributed by atoms with van der Waals surface area (Å²) in [6.45, 7) is 2.13. The normalized spacial score (nSPS) is 18.9. The fourth-order valence-electron chi connectivity index (χ4n) is 3.23. The van der Waals surface area contributed by atoms with Crippen LogP contribution in [-0.2, 0) is 6.42 Å². The van der Waals surface area contributed by atoms with Crippen LogP contribution in [0.2, 0.25) is 0 Å². The second kappa shape index (κ2) is 6.95. The third-order valence-corrected chi connectivity index (χ3v) is 4.40. The number of ether oxygens (including phenoxy) is 1. The molecule has 1 aliphatic rings. The number of hydrogen-bond donors (Lipinski definition) is 1. The van der Waals surface area contributed by atoms with Gasteiger partial charge in [-0.2, -0.15) is 0 Å². The summed E-state index contributed by atoms with van der Waals surface area (Å²) in [4.78, 5) is 0. The van der Waals surface area contributed by atoms with Gasteiger partial charge in [0.2, 0.25) is 0 Å². The van der Waals surface area contributed by atoms with Gasteiger partial charge in [-0.25, -0.2) is 0 Å². The molecule has 0 radical (unpaired) electrons. The summed E-state index contributed by atoms with van der Waals surface area (Å²) in [5.41, 5.74) is 9.01. The first-order valence-electron chi connectivity index (χ1n) is 7.60. The lowest BCUT2D eigenvalue weighted by Crippen LogP contribution is -2.32. The zero-order chi connectivity index (χ0) is 13.7. The predicted octanol–water partition coefficient (Wildman–Crippen LogP) is 3.84. The predicted molar refractivity (Wildman–Crippen MR) is 80.6 cm³/mol. The van der Waals surface area contributed by atoms with Gasteiger partial charge >= 0.3 is 0 Å². The van der Waals surface area contributed by atoms with Gasteiger partial charge in [0.05, 0.1) is 7.11 Å². The van der Waals surface area contributed by atoms with Crippen molar-refractivity contribution in [2.75, 3.05) is 7.11 Å². The molecule has 0 saturated heterocycles. The van der Waals surface area contributed by atoms with Crippen LogP contribution in [0.15, 0.2) is 18.2 Å². The smallest absolute Gasteiger partial charge is 0.122 e. The van der Waals surface area contributed by atoms with Crippen LogP contribution in [0.25, 0.3) is 0 Å². The van der Waals surface area contributed by atoms with Crippen LogP contribution in [0.4, 0.5) is 0 Å². The van der Waals surface area contributed by atoms with Gasteiger partial charge in [0.1, 0.15) is 5.75 Å². The molecule has 0 heterocycles. The molecular formula is C17H27NO. The van der Waals surface area contributed by atoms with E-state index in [9.17, 15) is 0 Å². The summed E-state index contributed by atoms with van der Waals surface area (Å²) in [6, 6.07) is 6.65. The minimum atomic E-state index is 0.272. The van der Waals surface area contributed by atoms with Crippen molar-refractivity contribution in [1.82, 2.24) is 0 Å². The molecule has 0 bridgehead atoms. The van der Waals surface area contributed by atoms with Crippen molar-refractivity contribution in [3.8, 4) is 5.75 Å². The molecule has 0 spiro atoms. The topological polar surface area (TPSA) is 35.2 Å². The molecule has 2 N–H and O–H groups in total. The van der Waals surface area contributed by atoms with E-state index in [0.29, 0.717) is 5.92 Å². The summed E-state index contributed by atoms with van der Waals surface area (Å²) in [7, 11) is 1.74. The van der Waals surface area contributed by atoms with E-state index < -0.39 is 0 Å². The first-order valence-corrected chi connectivity index (χ1v) is 7.60. The SMILES string of the molecule is COc1ccc(C)cc1CC(N)C1CCCCCC1. The van der Waals surface area contributed by atoms with Crippen molar-refractivity contribution in [3.05, 3.63) is 29.3 Å². The molecule has 1 aromatic carbocycles. The summed E-state index contributed by atoms with van der Waals surface area (Å²) in [6.07, 6.45) is 9.01. The first-order chi connectivity index (χ1) is 9.20. The summed E-state index contributed by atoms with van der Waals surface area (Å²) >= 11 is 0. The lowest BCUT2D eigenvalue weighted by molar-refractivity contribution is 0.363. The van der Waals surface area contributed by atoms with Gasteiger partial charge < -0.3 is 10.5 Å². The lowest BCUT2D eigenvalue weighted by atomic mass is 9.88. The van der Waals surface area contributed by atoms with E-state index in [1.165, 1.54) is 49.7 Å². The molecule has 0 aromatic heterocycles. The zero-order valence-electron chi connectivity index (χ0n) is 12.3. The van der Waals surface area contributed by atoms with Gasteiger partial charge in [-0.3, -0.25) is 0 Å². The highest BCUT2D eigenvalue weighted by Gasteiger charge is 2.20. The largest absolute Gasteiger partial charge is 0.496 e. The van der Waals surface area contributed by atoms with E-state index in [2.05, 4.69) is 25.1 Å². The fraction of sp³-hybridized carbons (Fsp3) is 0.647. The first kappa shape index (κ1) is 14.4. The summed E-state index contributed by atoms with van der Waals surface area (Å²) in [5.74, 6) is 1.67. The molecule has 106 valence electrons. The third-order valence-electron chi connectivity index (χ3n) is 4.40. The number of aryl methyl sites for hydroxylation is 1. The van der Waals surface area contributed by atoms with Crippen LogP contribution in [-0.4, -0.2) is 13.2 Å². The Morgan fingerprint density at radius 1 is 1.21 bits per heavy atom. The van der Waals surface area contributed by atoms with Crippen molar-refractivity contribution in [1.29, 1.82) is 0 Å². The Labute approximate surface area is 117 Å². The Hall–Kier alpha value is -1.02. The molecule has 1 atom stereocenters. The Morgan fingerprint density at radius 2 is 1.89 bits per heavy atom. The molecule has 1 aliphatic carbocycles. The minimum absolute atomic E-state index is 0.272. The van der Waals surface area contributed by atoms with Crippen LogP contribution >= 0.6 is 0 Å². The maximum absolute atomic E-state index is 6.47. The maximum Gasteiger partial charge on any atom is 0.122 e. The molecule has 2 heteroatoms. The number of benzene rings is 1. The van der Waals surface area contributed by atoms with E-state index in [-0.39, 0.29) is 6.04 Å². The van der Waals surface area contributed by atoms with Gasteiger partial charge in [-0.15, -0.1) is 0 Å². The summed E-state index contributed by atoms with van der Waals surface area (Å²) in [5, 5.41) is 0. The Morgan fingerprint density at radius 3 is 2.53 bits per heavy atom. The summed E-state index contributed by atoms with van der Waals surface area (Å²) < 4.78 is 5.46. The van der Waals surface area contributed by atoms with Crippen LogP contribution in [0, 0.1) is 12.8 Å². The Bertz CT molecular complexity index is 394. The van der Waals surface area contributed by atoms with Crippen molar-refractivity contribution < 1.29 is 4.74 Å². The van der Waals surface area contributed by atoms with Gasteiger partial charge in [0, 0.05) is 6.04 Å². The Kier molecular flexibility index (Phi) is 5.26. The van der Waals surface area contributed by atoms with Gasteiger partial charge in [0.15, 0.2) is 0 Å². The van der Waals surface area contributed by atoms with Crippen molar-refractivity contribution in [2.45, 2.75) is 57.9 Å². The van der Waals surface area contributed by atoms with Crippen molar-refractivity contribution >= 4 is 0 Å². The van der Waals surface area contributed by atoms with E-state index in [0.717, 1.165) is 12.2 Å². The average Bonchev–Trinajstić information content (AvgIpc) is 2.68. The number of nitrogens with two attached hydrogens (primary N) is 1. The zero-order valence-corrected chi connectivity index (χ0v) is 12.3. The molecule has 19 heavy (non-hydrogen) atoms. The van der Waals surface area contributed by atoms with Gasteiger partial charge in [0.25, 0.3) is 0 Å². The second-order valence-electron chi connectivity index (χ2n) is 5.93. The van der Waals surface area contributed by atoms with E-state index >= 15 is 0 Å². The molecule has 1 aromatic rings. The highest BCUT2D eigenvalue weighted by molar-refractivity contribution is 5.37. The minimum Gasteiger partial charge on any atom is -0.496 e. The number of methoxy groups -OCH3 is 1. The molecule has 2 nitrogen and oxygen atoms in total. The molecular weight excluding hydrogens is 234 g/mol. The van der Waals surface area contributed by atoms with Crippen molar-refractivity contribution in [3.63, 3.8) is 0 Å². The third kappa shape index (κ3) is 3.97. The van der Waals surface area contributed by atoms with E-state index in [1.54, 1.807) is 7.11 Å². The number of hydrogen-bond acceptors (Lipinski definition) is 2. The molecule has 0 aliphatic heterocycles. The highest BCUT2D eigenvalue weighted by Crippen LogP contribution is 2.28. The molecule has 1 fully saturated rings. The molecule has 1 saturated carbocycles. The van der Waals surface area contributed by atoms with Crippen LogP contribution in [0.5, 0.6) is 5.75 Å². The van der Waals surface area contributed by atoms with Gasteiger partial charge in [-0.05, 0) is 43.7 Å². The maximum atomic E-state index is 6.47. The average molecular weight is 261 g/mol. The van der Waals surface area contributed by atoms with E-state index in [1.807, 2.05) is 0 Å². The molecule has 1 unspecified atom stereocenters. The standard InChI is InChI=1S/C17H27NO/c1-13-9-10-17(19-2)15(11-13)12-16(18)14-7-5-3-4-6-8-14/h9-11,14,16H,3-8,12,18H2,1-2H3. The van der Waals surface area contributed by atoms with E-state index in [4.69, 9.17) is 10.5 Å². The lowest BCUT2D eigenvalue weighted by Gasteiger charge is -2.23. The second-order valence-corrected chi connectivity index (χ2v) is 5.93. The number of rotatable bonds is 4. The molecule has 2 rings (SSSR count). The van der Waals surface area contributed by atoms with Crippen LogP contribution in [0.3, 0.4) is 0 Å². The highest BCUT2D eigenvalue weighted by atomic mass is 16.5. The quantitative estimate of drug-likeness (QED) is 0.836. The van der Waals surface area contributed by atoms with Crippen molar-refractivity contribution in [2.24, 2.45) is 11.7 Å². The van der Waals surface area contributed by atoms with Gasteiger partial charge in [-0.1, -0.05) is 43.4 Å². The molecule has 0 amide bonds. The fourth-order valence-corrected chi connectivity index (χ4v) is 3.23. The Balaban J connectivity index is 2.04. The monoisotopic (exact) mass is 261 g/mol.